The van der Waals surface area contributed by atoms with Crippen molar-refractivity contribution in [2.45, 2.75) is 13.8 Å². The molecule has 16 heavy (non-hydrogen) atoms. The molecule has 0 aliphatic carbocycles. The normalized spacial score (nSPS) is 9.88. The van der Waals surface area contributed by atoms with Crippen LogP contribution in [0.2, 0.25) is 0 Å². The predicted molar refractivity (Wildman–Crippen MR) is 60.8 cm³/mol. The third kappa shape index (κ3) is 2.00. The molecular weight excluding hydrogens is 193 g/mol. The Hall–Kier alpha value is -1.23. The molecule has 2 N–H and O–H groups in total. The molecule has 2 aromatic carbocycles. The van der Waals surface area contributed by atoms with Gasteiger partial charge in [-0.25, -0.2) is 0 Å². The smallest absolute Gasteiger partial charge is 0.404 e. The van der Waals surface area contributed by atoms with Crippen LogP contribution in [-0.4, -0.2) is 5.91 Å². The van der Waals surface area contributed by atoms with Crippen LogP contribution in [0.1, 0.15) is 21.5 Å². The number of rotatable bonds is 1. The van der Waals surface area contributed by atoms with Crippen molar-refractivity contribution in [2.24, 2.45) is 5.73 Å². The second kappa shape index (κ2) is 4.74. The molecule has 0 radical (unpaired) electrons. The van der Waals surface area contributed by atoms with Gasteiger partial charge >= 0.3 is 18.9 Å². The number of primary amides is 1. The summed E-state index contributed by atoms with van der Waals surface area (Å²) in [6, 6.07) is 10.6. The molecule has 3 heteroatoms. The van der Waals surface area contributed by atoms with E-state index in [1.165, 1.54) is 0 Å². The van der Waals surface area contributed by atoms with Crippen LogP contribution in [0.25, 0.3) is 10.8 Å². The van der Waals surface area contributed by atoms with E-state index in [0.29, 0.717) is 5.56 Å². The summed E-state index contributed by atoms with van der Waals surface area (Å²) in [6.45, 7) is 4.02. The Bertz CT molecular complexity index is 549. The van der Waals surface area contributed by atoms with Crippen LogP contribution in [-0.2, 0) is 0 Å². The Kier molecular flexibility index (Phi) is 3.80. The van der Waals surface area contributed by atoms with Gasteiger partial charge in [0.1, 0.15) is 0 Å². The van der Waals surface area contributed by atoms with Crippen LogP contribution in [0, 0.1) is 19.9 Å². The summed E-state index contributed by atoms with van der Waals surface area (Å²) < 4.78 is 0. The predicted octanol–water partition coefficient (Wildman–Crippen LogP) is -0.640. The summed E-state index contributed by atoms with van der Waals surface area (Å²) in [5.74, 6) is -0.422. The van der Waals surface area contributed by atoms with Crippen molar-refractivity contribution in [3.63, 3.8) is 0 Å². The molecule has 0 aromatic heterocycles. The average Bonchev–Trinajstić information content (AvgIpc) is 2.23. The van der Waals surface area contributed by atoms with Crippen LogP contribution in [0.5, 0.6) is 0 Å². The average molecular weight is 205 g/mol. The van der Waals surface area contributed by atoms with E-state index in [1.807, 2.05) is 32.0 Å². The molecule has 2 nitrogen and oxygen atoms in total. The standard InChI is InChI=1S/C13H12NO.Li/c1-8-6-7-10-4-3-5-11(13(14)15)12(10)9(8)2;/h3-4,6-7H,1-2H3,(H2,14,15);/q-1;+1. The van der Waals surface area contributed by atoms with Crippen molar-refractivity contribution in [3.05, 3.63) is 47.0 Å². The summed E-state index contributed by atoms with van der Waals surface area (Å²) in [6.07, 6.45) is 0. The number of hydrogen-bond acceptors (Lipinski definition) is 1. The Balaban J connectivity index is 0.00000128. The van der Waals surface area contributed by atoms with Gasteiger partial charge in [0.2, 0.25) is 0 Å². The molecule has 0 heterocycles. The first kappa shape index (κ1) is 12.8. The molecule has 0 saturated heterocycles. The fraction of sp³-hybridized carbons (Fsp3) is 0.154. The van der Waals surface area contributed by atoms with Gasteiger partial charge in [-0.3, -0.25) is 0 Å². The molecule has 0 atom stereocenters. The van der Waals surface area contributed by atoms with Gasteiger partial charge in [0, 0.05) is 0 Å². The zero-order chi connectivity index (χ0) is 11.0. The van der Waals surface area contributed by atoms with Crippen LogP contribution in [0.4, 0.5) is 0 Å². The molecular formula is C13H12LiNO. The molecule has 0 bridgehead atoms. The molecule has 0 aliphatic heterocycles. The van der Waals surface area contributed by atoms with Crippen LogP contribution >= 0.6 is 0 Å². The van der Waals surface area contributed by atoms with Crippen molar-refractivity contribution in [2.75, 3.05) is 0 Å². The minimum Gasteiger partial charge on any atom is -0.404 e. The minimum atomic E-state index is -0.422. The van der Waals surface area contributed by atoms with Crippen LogP contribution in [0.15, 0.2) is 24.3 Å². The second-order valence-corrected chi connectivity index (χ2v) is 3.69. The van der Waals surface area contributed by atoms with Gasteiger partial charge in [0.15, 0.2) is 5.91 Å². The molecule has 1 amide bonds. The number of fused-ring (bicyclic) bond motifs is 1. The summed E-state index contributed by atoms with van der Waals surface area (Å²) in [4.78, 5) is 11.3. The van der Waals surface area contributed by atoms with Gasteiger partial charge in [0.25, 0.3) is 0 Å². The van der Waals surface area contributed by atoms with E-state index in [0.717, 1.165) is 21.9 Å². The molecule has 0 saturated carbocycles. The van der Waals surface area contributed by atoms with Crippen molar-refractivity contribution < 1.29 is 23.7 Å². The number of carbonyl (C=O) groups excluding carboxylic acids is 1. The maximum atomic E-state index is 11.3. The minimum absolute atomic E-state index is 0. The summed E-state index contributed by atoms with van der Waals surface area (Å²) in [5.41, 5.74) is 8.06. The van der Waals surface area contributed by atoms with Crippen molar-refractivity contribution in [1.29, 1.82) is 0 Å². The molecule has 0 aliphatic rings. The molecule has 2 aromatic rings. The van der Waals surface area contributed by atoms with Gasteiger partial charge in [-0.15, -0.1) is 23.6 Å². The quantitative estimate of drug-likeness (QED) is 0.488. The number of carbonyl (C=O) groups is 1. The maximum absolute atomic E-state index is 11.3. The monoisotopic (exact) mass is 205 g/mol. The summed E-state index contributed by atoms with van der Waals surface area (Å²) >= 11 is 0. The van der Waals surface area contributed by atoms with Gasteiger partial charge < -0.3 is 10.5 Å². The van der Waals surface area contributed by atoms with E-state index in [4.69, 9.17) is 5.73 Å². The van der Waals surface area contributed by atoms with Crippen molar-refractivity contribution >= 4 is 16.7 Å². The van der Waals surface area contributed by atoms with E-state index in [1.54, 1.807) is 6.07 Å². The molecule has 0 unspecified atom stereocenters. The molecule has 0 spiro atoms. The fourth-order valence-corrected chi connectivity index (χ4v) is 1.79. The number of nitrogens with two attached hydrogens (primary N) is 1. The van der Waals surface area contributed by atoms with E-state index < -0.39 is 5.91 Å². The van der Waals surface area contributed by atoms with E-state index in [-0.39, 0.29) is 18.9 Å². The Morgan fingerprint density at radius 2 is 1.94 bits per heavy atom. The number of benzene rings is 2. The first-order chi connectivity index (χ1) is 7.11. The number of amides is 1. The number of aryl methyl sites for hydroxylation is 2. The first-order valence-corrected chi connectivity index (χ1v) is 4.81. The van der Waals surface area contributed by atoms with E-state index in [2.05, 4.69) is 6.07 Å². The largest absolute Gasteiger partial charge is 1.00 e. The Morgan fingerprint density at radius 1 is 1.25 bits per heavy atom. The maximum Gasteiger partial charge on any atom is 1.00 e. The van der Waals surface area contributed by atoms with Gasteiger partial charge in [-0.2, -0.15) is 0 Å². The van der Waals surface area contributed by atoms with Crippen molar-refractivity contribution in [1.82, 2.24) is 0 Å². The number of hydrogen-bond donors (Lipinski definition) is 1. The topological polar surface area (TPSA) is 43.1 Å². The van der Waals surface area contributed by atoms with Gasteiger partial charge in [-0.05, 0) is 13.8 Å². The Labute approximate surface area is 107 Å². The third-order valence-corrected chi connectivity index (χ3v) is 2.76. The van der Waals surface area contributed by atoms with Gasteiger partial charge in [0.05, 0.1) is 0 Å². The van der Waals surface area contributed by atoms with Gasteiger partial charge in [-0.1, -0.05) is 34.2 Å². The van der Waals surface area contributed by atoms with Crippen LogP contribution in [0.3, 0.4) is 0 Å². The van der Waals surface area contributed by atoms with Crippen LogP contribution < -0.4 is 24.6 Å². The molecule has 0 fully saturated rings. The fourth-order valence-electron chi connectivity index (χ4n) is 1.79. The van der Waals surface area contributed by atoms with E-state index in [9.17, 15) is 4.79 Å². The summed E-state index contributed by atoms with van der Waals surface area (Å²) in [7, 11) is 0. The van der Waals surface area contributed by atoms with Crippen molar-refractivity contribution in [3.8, 4) is 0 Å². The van der Waals surface area contributed by atoms with E-state index >= 15 is 0 Å². The second-order valence-electron chi connectivity index (χ2n) is 3.69. The molecule has 2 rings (SSSR count). The summed E-state index contributed by atoms with van der Waals surface area (Å²) in [5, 5.41) is 1.95. The Morgan fingerprint density at radius 3 is 2.56 bits per heavy atom. The third-order valence-electron chi connectivity index (χ3n) is 2.76. The zero-order valence-corrected chi connectivity index (χ0v) is 9.79. The molecule has 76 valence electrons. The zero-order valence-electron chi connectivity index (χ0n) is 9.79. The first-order valence-electron chi connectivity index (χ1n) is 4.81. The SMILES string of the molecule is Cc1ccc2cc[c-]c(C(N)=O)c2c1C.[Li+].